The van der Waals surface area contributed by atoms with E-state index in [0.29, 0.717) is 36.3 Å². The van der Waals surface area contributed by atoms with Crippen molar-refractivity contribution in [1.82, 2.24) is 9.97 Å². The molecule has 0 saturated heterocycles. The lowest BCUT2D eigenvalue weighted by atomic mass is 9.89. The fourth-order valence-corrected chi connectivity index (χ4v) is 2.26. The van der Waals surface area contributed by atoms with Crippen molar-refractivity contribution in [3.8, 4) is 0 Å². The van der Waals surface area contributed by atoms with Gasteiger partial charge < -0.3 is 14.8 Å². The quantitative estimate of drug-likeness (QED) is 0.781. The highest BCUT2D eigenvalue weighted by Crippen LogP contribution is 2.26. The van der Waals surface area contributed by atoms with Crippen LogP contribution in [0, 0.1) is 0 Å². The van der Waals surface area contributed by atoms with E-state index in [2.05, 4.69) is 15.3 Å². The van der Waals surface area contributed by atoms with Crippen LogP contribution < -0.4 is 5.32 Å². The molecule has 0 spiro atoms. The predicted molar refractivity (Wildman–Crippen MR) is 74.4 cm³/mol. The Bertz CT molecular complexity index is 411. The van der Waals surface area contributed by atoms with Crippen LogP contribution in [0.2, 0.25) is 5.15 Å². The Balaban J connectivity index is 1.88. The first kappa shape index (κ1) is 14.5. The molecule has 0 amide bonds. The van der Waals surface area contributed by atoms with Gasteiger partial charge in [0.05, 0.1) is 6.10 Å². The van der Waals surface area contributed by atoms with Gasteiger partial charge in [0, 0.05) is 25.3 Å². The number of aromatic nitrogens is 2. The molecule has 1 aliphatic rings. The van der Waals surface area contributed by atoms with Crippen molar-refractivity contribution in [1.29, 1.82) is 0 Å². The van der Waals surface area contributed by atoms with Crippen molar-refractivity contribution in [3.63, 3.8) is 0 Å². The summed E-state index contributed by atoms with van der Waals surface area (Å²) >= 11 is 5.98. The molecular formula is C13H20ClN3O2. The first-order chi connectivity index (χ1) is 9.21. The van der Waals surface area contributed by atoms with Crippen LogP contribution in [0.1, 0.15) is 32.5 Å². The average molecular weight is 286 g/mol. The predicted octanol–water partition coefficient (Wildman–Crippen LogP) is 2.65. The number of ether oxygens (including phenoxy) is 2. The molecule has 106 valence electrons. The molecule has 1 aromatic heterocycles. The van der Waals surface area contributed by atoms with Crippen molar-refractivity contribution in [2.75, 3.05) is 18.5 Å². The van der Waals surface area contributed by atoms with E-state index in [9.17, 15) is 0 Å². The Morgan fingerprint density at radius 3 is 2.79 bits per heavy atom. The molecule has 0 aliphatic heterocycles. The Morgan fingerprint density at radius 2 is 2.11 bits per heavy atom. The molecule has 0 aromatic carbocycles. The van der Waals surface area contributed by atoms with Crippen LogP contribution in [0.5, 0.6) is 0 Å². The molecule has 19 heavy (non-hydrogen) atoms. The number of nitrogens with zero attached hydrogens (tertiary/aromatic N) is 2. The zero-order chi connectivity index (χ0) is 13.7. The highest BCUT2D eigenvalue weighted by atomic mass is 35.5. The third kappa shape index (κ3) is 4.30. The van der Waals surface area contributed by atoms with Gasteiger partial charge in [-0.2, -0.15) is 0 Å². The number of hydrogen-bond donors (Lipinski definition) is 1. The van der Waals surface area contributed by atoms with E-state index in [1.807, 2.05) is 13.8 Å². The SMILES string of the molecule is CCOCc1nc(Cl)cc(NC2CC(OCC)C2)n1. The zero-order valence-corrected chi connectivity index (χ0v) is 12.1. The molecule has 1 saturated carbocycles. The maximum atomic E-state index is 5.98. The molecule has 1 heterocycles. The first-order valence-electron chi connectivity index (χ1n) is 6.70. The molecule has 0 unspecified atom stereocenters. The summed E-state index contributed by atoms with van der Waals surface area (Å²) in [6.45, 7) is 5.75. The summed E-state index contributed by atoms with van der Waals surface area (Å²) in [6, 6.07) is 2.15. The van der Waals surface area contributed by atoms with Gasteiger partial charge in [-0.1, -0.05) is 11.6 Å². The summed E-state index contributed by atoms with van der Waals surface area (Å²) in [5.41, 5.74) is 0. The van der Waals surface area contributed by atoms with Gasteiger partial charge >= 0.3 is 0 Å². The second kappa shape index (κ2) is 7.03. The maximum absolute atomic E-state index is 5.98. The van der Waals surface area contributed by atoms with Crippen LogP contribution in [0.3, 0.4) is 0 Å². The Hall–Kier alpha value is -0.910. The maximum Gasteiger partial charge on any atom is 0.158 e. The van der Waals surface area contributed by atoms with Crippen LogP contribution in [0.15, 0.2) is 6.07 Å². The summed E-state index contributed by atoms with van der Waals surface area (Å²) in [5, 5.41) is 3.79. The number of nitrogens with one attached hydrogen (secondary N) is 1. The summed E-state index contributed by atoms with van der Waals surface area (Å²) in [7, 11) is 0. The van der Waals surface area contributed by atoms with E-state index >= 15 is 0 Å². The largest absolute Gasteiger partial charge is 0.378 e. The highest BCUT2D eigenvalue weighted by Gasteiger charge is 2.29. The molecule has 1 aromatic rings. The molecule has 6 heteroatoms. The second-order valence-corrected chi connectivity index (χ2v) is 4.91. The van der Waals surface area contributed by atoms with Crippen LogP contribution >= 0.6 is 11.6 Å². The third-order valence-corrected chi connectivity index (χ3v) is 3.22. The summed E-state index contributed by atoms with van der Waals surface area (Å²) < 4.78 is 10.8. The van der Waals surface area contributed by atoms with Gasteiger partial charge in [0.2, 0.25) is 0 Å². The number of halogens is 1. The van der Waals surface area contributed by atoms with Crippen LogP contribution in [0.25, 0.3) is 0 Å². The van der Waals surface area contributed by atoms with Crippen LogP contribution in [-0.2, 0) is 16.1 Å². The van der Waals surface area contributed by atoms with Gasteiger partial charge in [-0.25, -0.2) is 9.97 Å². The Morgan fingerprint density at radius 1 is 1.32 bits per heavy atom. The molecule has 5 nitrogen and oxygen atoms in total. The molecule has 1 fully saturated rings. The molecule has 0 atom stereocenters. The molecule has 1 aliphatic carbocycles. The molecular weight excluding hydrogens is 266 g/mol. The van der Waals surface area contributed by atoms with Crippen molar-refractivity contribution in [2.45, 2.75) is 45.4 Å². The minimum atomic E-state index is 0.378. The van der Waals surface area contributed by atoms with Crippen LogP contribution in [-0.4, -0.2) is 35.3 Å². The summed E-state index contributed by atoms with van der Waals surface area (Å²) in [5.74, 6) is 1.37. The monoisotopic (exact) mass is 285 g/mol. The Kier molecular flexibility index (Phi) is 5.36. The fraction of sp³-hybridized carbons (Fsp3) is 0.692. The normalized spacial score (nSPS) is 22.1. The topological polar surface area (TPSA) is 56.3 Å². The summed E-state index contributed by atoms with van der Waals surface area (Å²) in [4.78, 5) is 8.52. The fourth-order valence-electron chi connectivity index (χ4n) is 2.06. The third-order valence-electron chi connectivity index (χ3n) is 3.03. The van der Waals surface area contributed by atoms with Gasteiger partial charge in [0.25, 0.3) is 0 Å². The van der Waals surface area contributed by atoms with Crippen molar-refractivity contribution >= 4 is 17.4 Å². The van der Waals surface area contributed by atoms with Gasteiger partial charge in [-0.15, -0.1) is 0 Å². The number of anilines is 1. The lowest BCUT2D eigenvalue weighted by molar-refractivity contribution is 0.00291. The molecule has 0 radical (unpaired) electrons. The van der Waals surface area contributed by atoms with E-state index in [0.717, 1.165) is 25.3 Å². The van der Waals surface area contributed by atoms with Crippen molar-refractivity contribution < 1.29 is 9.47 Å². The highest BCUT2D eigenvalue weighted by molar-refractivity contribution is 6.29. The molecule has 1 N–H and O–H groups in total. The van der Waals surface area contributed by atoms with E-state index in [4.69, 9.17) is 21.1 Å². The minimum absolute atomic E-state index is 0.378. The lowest BCUT2D eigenvalue weighted by Crippen LogP contribution is -2.41. The standard InChI is InChI=1S/C13H20ClN3O2/c1-3-18-8-13-16-11(14)7-12(17-13)15-9-5-10(6-9)19-4-2/h7,9-10H,3-6,8H2,1-2H3,(H,15,16,17). The van der Waals surface area contributed by atoms with Gasteiger partial charge in [-0.05, 0) is 26.7 Å². The Labute approximate surface area is 118 Å². The molecule has 2 rings (SSSR count). The van der Waals surface area contributed by atoms with E-state index < -0.39 is 0 Å². The summed E-state index contributed by atoms with van der Waals surface area (Å²) in [6.07, 6.45) is 2.40. The smallest absolute Gasteiger partial charge is 0.158 e. The number of hydrogen-bond acceptors (Lipinski definition) is 5. The number of rotatable bonds is 7. The average Bonchev–Trinajstić information content (AvgIpc) is 2.33. The van der Waals surface area contributed by atoms with Gasteiger partial charge in [0.15, 0.2) is 5.82 Å². The lowest BCUT2D eigenvalue weighted by Gasteiger charge is -2.35. The minimum Gasteiger partial charge on any atom is -0.378 e. The second-order valence-electron chi connectivity index (χ2n) is 4.52. The molecule has 0 bridgehead atoms. The first-order valence-corrected chi connectivity index (χ1v) is 7.08. The van der Waals surface area contributed by atoms with E-state index in [1.54, 1.807) is 6.07 Å². The van der Waals surface area contributed by atoms with E-state index in [-0.39, 0.29) is 0 Å². The van der Waals surface area contributed by atoms with Crippen molar-refractivity contribution in [2.24, 2.45) is 0 Å². The van der Waals surface area contributed by atoms with Crippen LogP contribution in [0.4, 0.5) is 5.82 Å². The van der Waals surface area contributed by atoms with Crippen molar-refractivity contribution in [3.05, 3.63) is 17.0 Å². The van der Waals surface area contributed by atoms with Gasteiger partial charge in [0.1, 0.15) is 17.6 Å². The zero-order valence-electron chi connectivity index (χ0n) is 11.4. The van der Waals surface area contributed by atoms with Gasteiger partial charge in [-0.3, -0.25) is 0 Å². The van der Waals surface area contributed by atoms with E-state index in [1.165, 1.54) is 0 Å².